The minimum atomic E-state index is 0.346. The molecule has 0 bridgehead atoms. The van der Waals surface area contributed by atoms with Gasteiger partial charge in [-0.1, -0.05) is 11.6 Å². The summed E-state index contributed by atoms with van der Waals surface area (Å²) in [7, 11) is 0. The lowest BCUT2D eigenvalue weighted by Gasteiger charge is -2.27. The third-order valence-corrected chi connectivity index (χ3v) is 3.40. The largest absolute Gasteiger partial charge is 0.368 e. The van der Waals surface area contributed by atoms with E-state index in [9.17, 15) is 0 Å². The number of H-pyrrole nitrogens is 1. The van der Waals surface area contributed by atoms with Crippen LogP contribution in [0.3, 0.4) is 0 Å². The van der Waals surface area contributed by atoms with E-state index in [4.69, 9.17) is 17.3 Å². The SMILES string of the molecule is Nc1ncc2c(n1)CCN(Cc1[nH]ncc1Cl)C2. The highest BCUT2D eigenvalue weighted by Crippen LogP contribution is 2.20. The Hall–Kier alpha value is -1.66. The smallest absolute Gasteiger partial charge is 0.220 e. The van der Waals surface area contributed by atoms with Crippen LogP contribution in [0.2, 0.25) is 5.02 Å². The first kappa shape index (κ1) is 11.4. The summed E-state index contributed by atoms with van der Waals surface area (Å²) < 4.78 is 0. The summed E-state index contributed by atoms with van der Waals surface area (Å²) in [5.74, 6) is 0.346. The second-order valence-electron chi connectivity index (χ2n) is 4.36. The molecule has 18 heavy (non-hydrogen) atoms. The number of nitrogens with one attached hydrogen (secondary N) is 1. The van der Waals surface area contributed by atoms with Crippen LogP contribution in [0.4, 0.5) is 5.95 Å². The average Bonchev–Trinajstić information content (AvgIpc) is 2.75. The van der Waals surface area contributed by atoms with E-state index in [0.717, 1.165) is 43.0 Å². The first-order valence-corrected chi connectivity index (χ1v) is 6.10. The van der Waals surface area contributed by atoms with Crippen LogP contribution in [0.15, 0.2) is 12.4 Å². The van der Waals surface area contributed by atoms with Crippen LogP contribution >= 0.6 is 11.6 Å². The number of hydrogen-bond donors (Lipinski definition) is 2. The molecule has 1 aliphatic rings. The summed E-state index contributed by atoms with van der Waals surface area (Å²) in [6, 6.07) is 0. The number of nitrogens with zero attached hydrogens (tertiary/aromatic N) is 4. The summed E-state index contributed by atoms with van der Waals surface area (Å²) in [6.07, 6.45) is 4.31. The maximum Gasteiger partial charge on any atom is 0.220 e. The number of anilines is 1. The molecular weight excluding hydrogens is 252 g/mol. The Kier molecular flexibility index (Phi) is 2.89. The van der Waals surface area contributed by atoms with Crippen LogP contribution in [0.1, 0.15) is 17.0 Å². The highest BCUT2D eigenvalue weighted by molar-refractivity contribution is 6.31. The fourth-order valence-electron chi connectivity index (χ4n) is 2.16. The second-order valence-corrected chi connectivity index (χ2v) is 4.76. The average molecular weight is 265 g/mol. The van der Waals surface area contributed by atoms with Crippen molar-refractivity contribution in [2.45, 2.75) is 19.5 Å². The number of hydrogen-bond acceptors (Lipinski definition) is 5. The van der Waals surface area contributed by atoms with E-state index in [-0.39, 0.29) is 0 Å². The zero-order valence-electron chi connectivity index (χ0n) is 9.73. The monoisotopic (exact) mass is 264 g/mol. The number of rotatable bonds is 2. The Balaban J connectivity index is 1.75. The molecule has 0 radical (unpaired) electrons. The van der Waals surface area contributed by atoms with Gasteiger partial charge in [-0.05, 0) is 0 Å². The van der Waals surface area contributed by atoms with E-state index >= 15 is 0 Å². The number of halogens is 1. The van der Waals surface area contributed by atoms with Crippen LogP contribution in [0.5, 0.6) is 0 Å². The number of fused-ring (bicyclic) bond motifs is 1. The van der Waals surface area contributed by atoms with Crippen LogP contribution in [-0.2, 0) is 19.5 Å². The summed E-state index contributed by atoms with van der Waals surface area (Å²) in [5.41, 5.74) is 8.70. The molecule has 94 valence electrons. The molecule has 2 aromatic rings. The predicted molar refractivity (Wildman–Crippen MR) is 67.9 cm³/mol. The Labute approximate surface area is 109 Å². The lowest BCUT2D eigenvalue weighted by Crippen LogP contribution is -2.31. The first-order chi connectivity index (χ1) is 8.72. The number of nitrogens with two attached hydrogens (primary N) is 1. The third-order valence-electron chi connectivity index (χ3n) is 3.08. The Bertz CT molecular complexity index is 566. The number of aromatic nitrogens is 4. The molecule has 6 nitrogen and oxygen atoms in total. The molecule has 3 heterocycles. The topological polar surface area (TPSA) is 83.7 Å². The molecule has 1 aliphatic heterocycles. The minimum Gasteiger partial charge on any atom is -0.368 e. The Morgan fingerprint density at radius 1 is 1.44 bits per heavy atom. The van der Waals surface area contributed by atoms with E-state index in [1.165, 1.54) is 0 Å². The molecule has 0 unspecified atom stereocenters. The van der Waals surface area contributed by atoms with Gasteiger partial charge in [0.2, 0.25) is 5.95 Å². The summed E-state index contributed by atoms with van der Waals surface area (Å²) in [6.45, 7) is 2.49. The maximum atomic E-state index is 6.02. The molecule has 3 rings (SSSR count). The molecule has 0 atom stereocenters. The Morgan fingerprint density at radius 2 is 2.33 bits per heavy atom. The summed E-state index contributed by atoms with van der Waals surface area (Å²) in [4.78, 5) is 10.6. The van der Waals surface area contributed by atoms with Crippen molar-refractivity contribution in [1.82, 2.24) is 25.1 Å². The van der Waals surface area contributed by atoms with Crippen molar-refractivity contribution in [2.24, 2.45) is 0 Å². The van der Waals surface area contributed by atoms with Crippen LogP contribution < -0.4 is 5.73 Å². The van der Waals surface area contributed by atoms with Gasteiger partial charge in [0.25, 0.3) is 0 Å². The maximum absolute atomic E-state index is 6.02. The molecule has 0 aliphatic carbocycles. The molecular formula is C11H13ClN6. The van der Waals surface area contributed by atoms with E-state index in [1.807, 2.05) is 0 Å². The van der Waals surface area contributed by atoms with Crippen molar-refractivity contribution in [3.05, 3.63) is 34.4 Å². The van der Waals surface area contributed by atoms with E-state index < -0.39 is 0 Å². The lowest BCUT2D eigenvalue weighted by atomic mass is 10.1. The van der Waals surface area contributed by atoms with Gasteiger partial charge in [0.15, 0.2) is 0 Å². The van der Waals surface area contributed by atoms with Gasteiger partial charge in [-0.15, -0.1) is 0 Å². The molecule has 0 saturated heterocycles. The zero-order chi connectivity index (χ0) is 12.5. The molecule has 0 spiro atoms. The summed E-state index contributed by atoms with van der Waals surface area (Å²) >= 11 is 6.02. The van der Waals surface area contributed by atoms with E-state index in [0.29, 0.717) is 11.0 Å². The fraction of sp³-hybridized carbons (Fsp3) is 0.364. The Morgan fingerprint density at radius 3 is 3.11 bits per heavy atom. The van der Waals surface area contributed by atoms with Crippen molar-refractivity contribution >= 4 is 17.5 Å². The van der Waals surface area contributed by atoms with Crippen LogP contribution in [0.25, 0.3) is 0 Å². The van der Waals surface area contributed by atoms with Gasteiger partial charge >= 0.3 is 0 Å². The summed E-state index contributed by atoms with van der Waals surface area (Å²) in [5, 5.41) is 7.50. The standard InChI is InChI=1S/C11H13ClN6/c12-8-4-15-17-10(8)6-18-2-1-9-7(5-18)3-14-11(13)16-9/h3-4H,1-2,5-6H2,(H,15,17)(H2,13,14,16). The van der Waals surface area contributed by atoms with Crippen LogP contribution in [0, 0.1) is 0 Å². The first-order valence-electron chi connectivity index (χ1n) is 5.73. The zero-order valence-corrected chi connectivity index (χ0v) is 10.5. The van der Waals surface area contributed by atoms with E-state index in [1.54, 1.807) is 12.4 Å². The minimum absolute atomic E-state index is 0.346. The van der Waals surface area contributed by atoms with Gasteiger partial charge in [0.1, 0.15) is 0 Å². The molecule has 3 N–H and O–H groups in total. The van der Waals surface area contributed by atoms with E-state index in [2.05, 4.69) is 25.1 Å². The van der Waals surface area contributed by atoms with Gasteiger partial charge in [0.05, 0.1) is 22.6 Å². The molecule has 7 heteroatoms. The van der Waals surface area contributed by atoms with Crippen molar-refractivity contribution < 1.29 is 0 Å². The number of aromatic amines is 1. The lowest BCUT2D eigenvalue weighted by molar-refractivity contribution is 0.240. The normalized spacial score (nSPS) is 15.6. The second kappa shape index (κ2) is 4.55. The van der Waals surface area contributed by atoms with Gasteiger partial charge in [-0.2, -0.15) is 5.10 Å². The molecule has 0 amide bonds. The van der Waals surface area contributed by atoms with Crippen molar-refractivity contribution in [1.29, 1.82) is 0 Å². The number of nitrogen functional groups attached to an aromatic ring is 1. The van der Waals surface area contributed by atoms with Crippen molar-refractivity contribution in [2.75, 3.05) is 12.3 Å². The molecule has 0 aromatic carbocycles. The molecule has 2 aromatic heterocycles. The van der Waals surface area contributed by atoms with Crippen molar-refractivity contribution in [3.63, 3.8) is 0 Å². The van der Waals surface area contributed by atoms with Gasteiger partial charge in [-0.3, -0.25) is 10.00 Å². The fourth-order valence-corrected chi connectivity index (χ4v) is 2.31. The van der Waals surface area contributed by atoms with Gasteiger partial charge in [0, 0.05) is 37.8 Å². The van der Waals surface area contributed by atoms with Gasteiger partial charge < -0.3 is 5.73 Å². The third kappa shape index (κ3) is 2.16. The predicted octanol–water partition coefficient (Wildman–Crippen LogP) is 0.994. The van der Waals surface area contributed by atoms with Gasteiger partial charge in [-0.25, -0.2) is 9.97 Å². The molecule has 0 saturated carbocycles. The highest BCUT2D eigenvalue weighted by Gasteiger charge is 2.19. The van der Waals surface area contributed by atoms with Crippen LogP contribution in [-0.4, -0.2) is 31.6 Å². The molecule has 0 fully saturated rings. The van der Waals surface area contributed by atoms with Crippen molar-refractivity contribution in [3.8, 4) is 0 Å². The quantitative estimate of drug-likeness (QED) is 0.845. The highest BCUT2D eigenvalue weighted by atomic mass is 35.5.